The minimum absolute atomic E-state index is 0.0192. The number of benzene rings is 1. The summed E-state index contributed by atoms with van der Waals surface area (Å²) in [5.41, 5.74) is 2.06. The SMILES string of the molecule is C#CCN(CC(=O)O)C(=O)CCOc1cc(C)ccc1C. The van der Waals surface area contributed by atoms with Crippen molar-refractivity contribution in [2.24, 2.45) is 0 Å². The number of aliphatic carboxylic acids is 1. The average molecular weight is 289 g/mol. The van der Waals surface area contributed by atoms with Crippen LogP contribution in [-0.2, 0) is 9.59 Å². The van der Waals surface area contributed by atoms with Crippen LogP contribution < -0.4 is 4.74 Å². The lowest BCUT2D eigenvalue weighted by Gasteiger charge is -2.18. The van der Waals surface area contributed by atoms with E-state index in [9.17, 15) is 9.59 Å². The molecule has 1 rings (SSSR count). The summed E-state index contributed by atoms with van der Waals surface area (Å²) in [7, 11) is 0. The number of hydrogen-bond donors (Lipinski definition) is 1. The highest BCUT2D eigenvalue weighted by Crippen LogP contribution is 2.19. The molecule has 0 fully saturated rings. The number of carbonyl (C=O) groups is 2. The van der Waals surface area contributed by atoms with E-state index in [0.717, 1.165) is 21.8 Å². The van der Waals surface area contributed by atoms with Gasteiger partial charge in [-0.05, 0) is 31.0 Å². The van der Waals surface area contributed by atoms with Gasteiger partial charge in [-0.15, -0.1) is 6.42 Å². The molecule has 0 bridgehead atoms. The first-order valence-electron chi connectivity index (χ1n) is 6.57. The number of aryl methyl sites for hydroxylation is 2. The molecule has 0 heterocycles. The first kappa shape index (κ1) is 16.6. The number of carbonyl (C=O) groups excluding carboxylic acids is 1. The fourth-order valence-corrected chi connectivity index (χ4v) is 1.77. The van der Waals surface area contributed by atoms with Crippen molar-refractivity contribution < 1.29 is 19.4 Å². The summed E-state index contributed by atoms with van der Waals surface area (Å²) in [5, 5.41) is 8.74. The van der Waals surface area contributed by atoms with Crippen LogP contribution in [0.2, 0.25) is 0 Å². The standard InChI is InChI=1S/C16H19NO4/c1-4-8-17(11-16(19)20)15(18)7-9-21-14-10-12(2)5-6-13(14)3/h1,5-6,10H,7-9,11H2,2-3H3,(H,19,20). The molecule has 1 amide bonds. The average Bonchev–Trinajstić information content (AvgIpc) is 2.41. The molecular weight excluding hydrogens is 270 g/mol. The summed E-state index contributed by atoms with van der Waals surface area (Å²) in [4.78, 5) is 23.7. The summed E-state index contributed by atoms with van der Waals surface area (Å²) < 4.78 is 5.57. The van der Waals surface area contributed by atoms with Gasteiger partial charge in [-0.2, -0.15) is 0 Å². The zero-order valence-electron chi connectivity index (χ0n) is 12.3. The lowest BCUT2D eigenvalue weighted by atomic mass is 10.1. The Balaban J connectivity index is 2.53. The summed E-state index contributed by atoms with van der Waals surface area (Å²) in [6.07, 6.45) is 5.22. The van der Waals surface area contributed by atoms with Gasteiger partial charge in [0.2, 0.25) is 5.91 Å². The molecule has 0 unspecified atom stereocenters. The monoisotopic (exact) mass is 289 g/mol. The van der Waals surface area contributed by atoms with E-state index in [1.165, 1.54) is 0 Å². The Kier molecular flexibility index (Phi) is 6.28. The number of rotatable bonds is 7. The molecule has 1 aromatic carbocycles. The van der Waals surface area contributed by atoms with Crippen LogP contribution in [0.25, 0.3) is 0 Å². The second-order valence-electron chi connectivity index (χ2n) is 4.72. The van der Waals surface area contributed by atoms with Crippen LogP contribution >= 0.6 is 0 Å². The minimum atomic E-state index is -1.09. The molecule has 0 aliphatic carbocycles. The highest BCUT2D eigenvalue weighted by Gasteiger charge is 2.15. The Morgan fingerprint density at radius 2 is 2.10 bits per heavy atom. The van der Waals surface area contributed by atoms with Crippen molar-refractivity contribution in [2.75, 3.05) is 19.7 Å². The molecular formula is C16H19NO4. The van der Waals surface area contributed by atoms with Crippen LogP contribution in [0.5, 0.6) is 5.75 Å². The van der Waals surface area contributed by atoms with Gasteiger partial charge in [0.25, 0.3) is 0 Å². The van der Waals surface area contributed by atoms with Gasteiger partial charge in [0.05, 0.1) is 19.6 Å². The van der Waals surface area contributed by atoms with E-state index in [1.54, 1.807) is 0 Å². The molecule has 0 atom stereocenters. The van der Waals surface area contributed by atoms with Gasteiger partial charge in [-0.1, -0.05) is 18.1 Å². The van der Waals surface area contributed by atoms with Crippen molar-refractivity contribution >= 4 is 11.9 Å². The van der Waals surface area contributed by atoms with Gasteiger partial charge in [-0.3, -0.25) is 9.59 Å². The predicted octanol–water partition coefficient (Wildman–Crippen LogP) is 1.62. The van der Waals surface area contributed by atoms with Gasteiger partial charge < -0.3 is 14.7 Å². The Bertz CT molecular complexity index is 560. The summed E-state index contributed by atoms with van der Waals surface area (Å²) in [6, 6.07) is 5.83. The molecule has 112 valence electrons. The minimum Gasteiger partial charge on any atom is -0.493 e. The lowest BCUT2D eigenvalue weighted by Crippen LogP contribution is -2.36. The smallest absolute Gasteiger partial charge is 0.323 e. The molecule has 5 heteroatoms. The summed E-state index contributed by atoms with van der Waals surface area (Å²) in [6.45, 7) is 3.65. The third kappa shape index (κ3) is 5.57. The van der Waals surface area contributed by atoms with E-state index in [0.29, 0.717) is 0 Å². The molecule has 0 saturated carbocycles. The molecule has 0 radical (unpaired) electrons. The van der Waals surface area contributed by atoms with Gasteiger partial charge in [0.15, 0.2) is 0 Å². The van der Waals surface area contributed by atoms with E-state index < -0.39 is 12.5 Å². The largest absolute Gasteiger partial charge is 0.493 e. The molecule has 0 saturated heterocycles. The third-order valence-electron chi connectivity index (χ3n) is 2.88. The molecule has 0 spiro atoms. The Morgan fingerprint density at radius 3 is 2.71 bits per heavy atom. The number of nitrogens with zero attached hydrogens (tertiary/aromatic N) is 1. The highest BCUT2D eigenvalue weighted by molar-refractivity contribution is 5.81. The van der Waals surface area contributed by atoms with E-state index in [4.69, 9.17) is 16.3 Å². The van der Waals surface area contributed by atoms with Gasteiger partial charge in [-0.25, -0.2) is 0 Å². The lowest BCUT2D eigenvalue weighted by molar-refractivity contribution is -0.144. The van der Waals surface area contributed by atoms with Crippen LogP contribution in [0, 0.1) is 26.2 Å². The van der Waals surface area contributed by atoms with Crippen LogP contribution in [0.1, 0.15) is 17.5 Å². The predicted molar refractivity (Wildman–Crippen MR) is 79.1 cm³/mol. The zero-order valence-corrected chi connectivity index (χ0v) is 12.3. The highest BCUT2D eigenvalue weighted by atomic mass is 16.5. The summed E-state index contributed by atoms with van der Waals surface area (Å²) >= 11 is 0. The van der Waals surface area contributed by atoms with Crippen molar-refractivity contribution in [2.45, 2.75) is 20.3 Å². The quantitative estimate of drug-likeness (QED) is 0.775. The van der Waals surface area contributed by atoms with Crippen molar-refractivity contribution in [3.63, 3.8) is 0 Å². The fourth-order valence-electron chi connectivity index (χ4n) is 1.77. The van der Waals surface area contributed by atoms with E-state index in [-0.39, 0.29) is 25.5 Å². The van der Waals surface area contributed by atoms with Gasteiger partial charge >= 0.3 is 5.97 Å². The topological polar surface area (TPSA) is 66.8 Å². The number of hydrogen-bond acceptors (Lipinski definition) is 3. The second kappa shape index (κ2) is 7.95. The second-order valence-corrected chi connectivity index (χ2v) is 4.72. The van der Waals surface area contributed by atoms with Crippen LogP contribution in [-0.4, -0.2) is 41.6 Å². The first-order valence-corrected chi connectivity index (χ1v) is 6.57. The maximum Gasteiger partial charge on any atom is 0.323 e. The van der Waals surface area contributed by atoms with Crippen LogP contribution in [0.15, 0.2) is 18.2 Å². The van der Waals surface area contributed by atoms with Crippen molar-refractivity contribution in [3.05, 3.63) is 29.3 Å². The van der Waals surface area contributed by atoms with Crippen molar-refractivity contribution in [3.8, 4) is 18.1 Å². The fraction of sp³-hybridized carbons (Fsp3) is 0.375. The number of terminal acetylenes is 1. The molecule has 0 aliphatic heterocycles. The normalized spacial score (nSPS) is 9.76. The van der Waals surface area contributed by atoms with Crippen LogP contribution in [0.4, 0.5) is 0 Å². The Hall–Kier alpha value is -2.48. The van der Waals surface area contributed by atoms with Crippen LogP contribution in [0.3, 0.4) is 0 Å². The molecule has 0 aromatic heterocycles. The number of carboxylic acids is 1. The Morgan fingerprint density at radius 1 is 1.38 bits per heavy atom. The summed E-state index contributed by atoms with van der Waals surface area (Å²) in [5.74, 6) is 1.58. The van der Waals surface area contributed by atoms with Crippen molar-refractivity contribution in [1.82, 2.24) is 4.90 Å². The van der Waals surface area contributed by atoms with Gasteiger partial charge in [0.1, 0.15) is 12.3 Å². The molecule has 1 aromatic rings. The zero-order chi connectivity index (χ0) is 15.8. The third-order valence-corrected chi connectivity index (χ3v) is 2.88. The molecule has 5 nitrogen and oxygen atoms in total. The number of carboxylic acid groups (broad SMARTS) is 1. The van der Waals surface area contributed by atoms with Crippen molar-refractivity contribution in [1.29, 1.82) is 0 Å². The number of ether oxygens (including phenoxy) is 1. The van der Waals surface area contributed by atoms with E-state index in [1.807, 2.05) is 32.0 Å². The van der Waals surface area contributed by atoms with E-state index in [2.05, 4.69) is 5.92 Å². The maximum absolute atomic E-state index is 11.9. The van der Waals surface area contributed by atoms with Gasteiger partial charge in [0, 0.05) is 0 Å². The molecule has 1 N–H and O–H groups in total. The Labute approximate surface area is 124 Å². The molecule has 0 aliphatic rings. The number of amides is 1. The maximum atomic E-state index is 11.9. The van der Waals surface area contributed by atoms with E-state index >= 15 is 0 Å². The molecule has 21 heavy (non-hydrogen) atoms. The first-order chi connectivity index (χ1) is 9.93.